The normalized spacial score (nSPS) is 25.1. The molecule has 1 unspecified atom stereocenters. The Morgan fingerprint density at radius 2 is 2.00 bits per heavy atom. The van der Waals surface area contributed by atoms with Crippen molar-refractivity contribution in [2.75, 3.05) is 13.1 Å². The lowest BCUT2D eigenvalue weighted by atomic mass is 9.87. The Morgan fingerprint density at radius 3 is 2.82 bits per heavy atom. The van der Waals surface area contributed by atoms with E-state index in [1.54, 1.807) is 0 Å². The number of hydrogen-bond acceptors (Lipinski definition) is 2. The molecule has 1 N–H and O–H groups in total. The molecule has 0 radical (unpaired) electrons. The summed E-state index contributed by atoms with van der Waals surface area (Å²) in [5.41, 5.74) is 1.27. The molecule has 1 saturated heterocycles. The SMILES string of the molecule is Clc1ccc2c(c1)CCC(C1CCNCC1)O2. The fourth-order valence-corrected chi connectivity index (χ4v) is 3.12. The van der Waals surface area contributed by atoms with Gasteiger partial charge < -0.3 is 10.1 Å². The Kier molecular flexibility index (Phi) is 3.26. The fraction of sp³-hybridized carbons (Fsp3) is 0.571. The van der Waals surface area contributed by atoms with Crippen molar-refractivity contribution in [1.82, 2.24) is 5.32 Å². The van der Waals surface area contributed by atoms with Gasteiger partial charge in [-0.1, -0.05) is 11.6 Å². The van der Waals surface area contributed by atoms with Crippen LogP contribution in [0.1, 0.15) is 24.8 Å². The molecule has 2 aliphatic heterocycles. The predicted molar refractivity (Wildman–Crippen MR) is 69.8 cm³/mol. The molecule has 0 aromatic heterocycles. The first kappa shape index (κ1) is 11.4. The molecule has 17 heavy (non-hydrogen) atoms. The van der Waals surface area contributed by atoms with E-state index >= 15 is 0 Å². The van der Waals surface area contributed by atoms with Gasteiger partial charge in [0.25, 0.3) is 0 Å². The topological polar surface area (TPSA) is 21.3 Å². The third-order valence-corrected chi connectivity index (χ3v) is 4.14. The number of nitrogens with one attached hydrogen (secondary N) is 1. The molecule has 1 aromatic rings. The first-order chi connectivity index (χ1) is 8.33. The molecular weight excluding hydrogens is 234 g/mol. The highest BCUT2D eigenvalue weighted by Gasteiger charge is 2.28. The molecule has 1 atom stereocenters. The summed E-state index contributed by atoms with van der Waals surface area (Å²) < 4.78 is 6.14. The van der Waals surface area contributed by atoms with E-state index < -0.39 is 0 Å². The Morgan fingerprint density at radius 1 is 1.18 bits per heavy atom. The predicted octanol–water partition coefficient (Wildman–Crippen LogP) is 3.03. The van der Waals surface area contributed by atoms with Gasteiger partial charge >= 0.3 is 0 Å². The van der Waals surface area contributed by atoms with E-state index in [1.165, 1.54) is 18.4 Å². The van der Waals surface area contributed by atoms with Crippen LogP contribution in [0, 0.1) is 5.92 Å². The van der Waals surface area contributed by atoms with Crippen LogP contribution in [0.5, 0.6) is 5.75 Å². The molecule has 2 aliphatic rings. The van der Waals surface area contributed by atoms with Gasteiger partial charge in [-0.2, -0.15) is 0 Å². The van der Waals surface area contributed by atoms with Crippen molar-refractivity contribution in [3.63, 3.8) is 0 Å². The third-order valence-electron chi connectivity index (χ3n) is 3.91. The standard InChI is InChI=1S/C14H18ClNO/c15-12-2-4-14-11(9-12)1-3-13(17-14)10-5-7-16-8-6-10/h2,4,9-10,13,16H,1,3,5-8H2. The molecular formula is C14H18ClNO. The molecule has 0 spiro atoms. The number of aryl methyl sites for hydroxylation is 1. The number of hydrogen-bond donors (Lipinski definition) is 1. The lowest BCUT2D eigenvalue weighted by Gasteiger charge is -2.34. The van der Waals surface area contributed by atoms with Crippen LogP contribution in [0.25, 0.3) is 0 Å². The number of piperidine rings is 1. The van der Waals surface area contributed by atoms with Crippen LogP contribution in [0.3, 0.4) is 0 Å². The molecule has 2 nitrogen and oxygen atoms in total. The molecule has 0 amide bonds. The second kappa shape index (κ2) is 4.87. The largest absolute Gasteiger partial charge is 0.490 e. The molecule has 1 fully saturated rings. The summed E-state index contributed by atoms with van der Waals surface area (Å²) in [5, 5.41) is 4.22. The van der Waals surface area contributed by atoms with Gasteiger partial charge in [0.1, 0.15) is 11.9 Å². The van der Waals surface area contributed by atoms with E-state index in [0.717, 1.165) is 42.6 Å². The summed E-state index contributed by atoms with van der Waals surface area (Å²) in [5.74, 6) is 1.77. The van der Waals surface area contributed by atoms with Crippen molar-refractivity contribution in [3.05, 3.63) is 28.8 Å². The highest BCUT2D eigenvalue weighted by Crippen LogP contribution is 2.34. The molecule has 0 saturated carbocycles. The third kappa shape index (κ3) is 2.43. The average molecular weight is 252 g/mol. The summed E-state index contributed by atoms with van der Waals surface area (Å²) >= 11 is 6.00. The quantitative estimate of drug-likeness (QED) is 0.829. The minimum Gasteiger partial charge on any atom is -0.490 e. The van der Waals surface area contributed by atoms with Crippen LogP contribution in [0.15, 0.2) is 18.2 Å². The summed E-state index contributed by atoms with van der Waals surface area (Å²) in [6.07, 6.45) is 5.13. The van der Waals surface area contributed by atoms with Gasteiger partial charge in [-0.05, 0) is 68.5 Å². The Labute approximate surface area is 107 Å². The average Bonchev–Trinajstić information content (AvgIpc) is 2.39. The zero-order valence-electron chi connectivity index (χ0n) is 9.92. The van der Waals surface area contributed by atoms with Crippen molar-refractivity contribution in [2.24, 2.45) is 5.92 Å². The summed E-state index contributed by atoms with van der Waals surface area (Å²) in [4.78, 5) is 0. The van der Waals surface area contributed by atoms with Gasteiger partial charge in [0.2, 0.25) is 0 Å². The van der Waals surface area contributed by atoms with Crippen LogP contribution in [-0.2, 0) is 6.42 Å². The summed E-state index contributed by atoms with van der Waals surface area (Å²) in [6, 6.07) is 5.98. The van der Waals surface area contributed by atoms with Gasteiger partial charge in [0.15, 0.2) is 0 Å². The minimum atomic E-state index is 0.408. The van der Waals surface area contributed by atoms with Crippen LogP contribution in [0.2, 0.25) is 5.02 Å². The molecule has 1 aromatic carbocycles. The van der Waals surface area contributed by atoms with Crippen molar-refractivity contribution in [2.45, 2.75) is 31.8 Å². The zero-order valence-corrected chi connectivity index (χ0v) is 10.7. The van der Waals surface area contributed by atoms with E-state index in [9.17, 15) is 0 Å². The van der Waals surface area contributed by atoms with E-state index in [1.807, 2.05) is 18.2 Å². The van der Waals surface area contributed by atoms with Crippen LogP contribution in [0.4, 0.5) is 0 Å². The smallest absolute Gasteiger partial charge is 0.123 e. The van der Waals surface area contributed by atoms with E-state index in [0.29, 0.717) is 6.10 Å². The van der Waals surface area contributed by atoms with Crippen molar-refractivity contribution >= 4 is 11.6 Å². The number of rotatable bonds is 1. The molecule has 2 heterocycles. The maximum atomic E-state index is 6.14. The van der Waals surface area contributed by atoms with Crippen LogP contribution >= 0.6 is 11.6 Å². The van der Waals surface area contributed by atoms with Crippen molar-refractivity contribution in [3.8, 4) is 5.75 Å². The monoisotopic (exact) mass is 251 g/mol. The van der Waals surface area contributed by atoms with Gasteiger partial charge in [0, 0.05) is 5.02 Å². The molecule has 0 aliphatic carbocycles. The summed E-state index contributed by atoms with van der Waals surface area (Å²) in [6.45, 7) is 2.27. The lowest BCUT2D eigenvalue weighted by molar-refractivity contribution is 0.0918. The van der Waals surface area contributed by atoms with E-state index in [2.05, 4.69) is 5.32 Å². The van der Waals surface area contributed by atoms with Gasteiger partial charge in [0.05, 0.1) is 0 Å². The maximum absolute atomic E-state index is 6.14. The summed E-state index contributed by atoms with van der Waals surface area (Å²) in [7, 11) is 0. The van der Waals surface area contributed by atoms with Crippen LogP contribution in [-0.4, -0.2) is 19.2 Å². The number of halogens is 1. The second-order valence-corrected chi connectivity index (χ2v) is 5.47. The highest BCUT2D eigenvalue weighted by molar-refractivity contribution is 6.30. The molecule has 92 valence electrons. The fourth-order valence-electron chi connectivity index (χ4n) is 2.93. The lowest BCUT2D eigenvalue weighted by Crippen LogP contribution is -2.38. The number of fused-ring (bicyclic) bond motifs is 1. The van der Waals surface area contributed by atoms with Gasteiger partial charge in [-0.25, -0.2) is 0 Å². The first-order valence-corrected chi connectivity index (χ1v) is 6.86. The maximum Gasteiger partial charge on any atom is 0.123 e. The van der Waals surface area contributed by atoms with E-state index in [4.69, 9.17) is 16.3 Å². The number of benzene rings is 1. The second-order valence-electron chi connectivity index (χ2n) is 5.03. The molecule has 3 rings (SSSR count). The Balaban J connectivity index is 1.73. The van der Waals surface area contributed by atoms with Crippen LogP contribution < -0.4 is 10.1 Å². The van der Waals surface area contributed by atoms with Gasteiger partial charge in [-0.15, -0.1) is 0 Å². The first-order valence-electron chi connectivity index (χ1n) is 6.49. The van der Waals surface area contributed by atoms with Crippen molar-refractivity contribution < 1.29 is 4.74 Å². The van der Waals surface area contributed by atoms with Gasteiger partial charge in [-0.3, -0.25) is 0 Å². The Hall–Kier alpha value is -0.730. The highest BCUT2D eigenvalue weighted by atomic mass is 35.5. The number of ether oxygens (including phenoxy) is 1. The van der Waals surface area contributed by atoms with E-state index in [-0.39, 0.29) is 0 Å². The van der Waals surface area contributed by atoms with Crippen molar-refractivity contribution in [1.29, 1.82) is 0 Å². The minimum absolute atomic E-state index is 0.408. The Bertz CT molecular complexity index is 401. The zero-order chi connectivity index (χ0) is 11.7. The molecule has 3 heteroatoms. The molecule has 0 bridgehead atoms.